The first kappa shape index (κ1) is 10.9. The third kappa shape index (κ3) is 4.04. The molecule has 1 fully saturated rings. The Hall–Kier alpha value is -0.160. The Morgan fingerprint density at radius 3 is 3.08 bits per heavy atom. The summed E-state index contributed by atoms with van der Waals surface area (Å²) in [5.41, 5.74) is 5.82. The average Bonchev–Trinajstić information content (AvgIpc) is 2.04. The summed E-state index contributed by atoms with van der Waals surface area (Å²) < 4.78 is 4.86. The minimum Gasteiger partial charge on any atom is -0.389 e. The summed E-state index contributed by atoms with van der Waals surface area (Å²) in [5, 5.41) is 9.48. The zero-order valence-corrected chi connectivity index (χ0v) is 8.28. The number of nitrogens with two attached hydrogens (primary N) is 1. The minimum absolute atomic E-state index is 0.281. The second-order valence-electron chi connectivity index (χ2n) is 3.77. The quantitative estimate of drug-likeness (QED) is 0.619. The molecule has 1 heterocycles. The summed E-state index contributed by atoms with van der Waals surface area (Å²) in [4.78, 5) is 2.21. The maximum absolute atomic E-state index is 9.48. The van der Waals surface area contributed by atoms with Gasteiger partial charge in [-0.15, -0.1) is 0 Å². The van der Waals surface area contributed by atoms with E-state index in [0.29, 0.717) is 13.2 Å². The van der Waals surface area contributed by atoms with E-state index < -0.39 is 0 Å². The molecule has 0 spiro atoms. The van der Waals surface area contributed by atoms with Gasteiger partial charge in [-0.1, -0.05) is 0 Å². The van der Waals surface area contributed by atoms with E-state index in [1.165, 1.54) is 0 Å². The van der Waals surface area contributed by atoms with Crippen LogP contribution in [0.15, 0.2) is 0 Å². The van der Waals surface area contributed by atoms with Gasteiger partial charge in [0, 0.05) is 26.2 Å². The van der Waals surface area contributed by atoms with E-state index in [1.54, 1.807) is 7.11 Å². The number of nitrogens with zero attached hydrogens (tertiary/aromatic N) is 1. The van der Waals surface area contributed by atoms with Gasteiger partial charge in [0.1, 0.15) is 0 Å². The van der Waals surface area contributed by atoms with Crippen LogP contribution in [-0.4, -0.2) is 55.5 Å². The number of rotatable bonds is 4. The van der Waals surface area contributed by atoms with Crippen LogP contribution in [0, 0.1) is 0 Å². The fourth-order valence-corrected chi connectivity index (χ4v) is 1.80. The molecule has 0 bridgehead atoms. The van der Waals surface area contributed by atoms with Crippen molar-refractivity contribution in [3.63, 3.8) is 0 Å². The molecule has 1 unspecified atom stereocenters. The molecule has 0 aromatic carbocycles. The summed E-state index contributed by atoms with van der Waals surface area (Å²) in [6, 6.07) is 0.281. The van der Waals surface area contributed by atoms with E-state index in [1.807, 2.05) is 0 Å². The summed E-state index contributed by atoms with van der Waals surface area (Å²) in [6.45, 7) is 3.04. The maximum atomic E-state index is 9.48. The van der Waals surface area contributed by atoms with Crippen molar-refractivity contribution in [1.82, 2.24) is 4.90 Å². The van der Waals surface area contributed by atoms with Crippen molar-refractivity contribution in [3.8, 4) is 0 Å². The molecule has 78 valence electrons. The zero-order chi connectivity index (χ0) is 9.68. The number of aliphatic hydroxyl groups excluding tert-OH is 1. The fraction of sp³-hybridized carbons (Fsp3) is 1.00. The van der Waals surface area contributed by atoms with E-state index in [9.17, 15) is 5.11 Å². The number of piperidine rings is 1. The molecule has 0 aromatic heterocycles. The Kier molecular flexibility index (Phi) is 4.66. The zero-order valence-electron chi connectivity index (χ0n) is 8.28. The molecular weight excluding hydrogens is 168 g/mol. The highest BCUT2D eigenvalue weighted by Gasteiger charge is 2.18. The van der Waals surface area contributed by atoms with Crippen LogP contribution in [0.5, 0.6) is 0 Å². The monoisotopic (exact) mass is 188 g/mol. The van der Waals surface area contributed by atoms with E-state index in [2.05, 4.69) is 4.90 Å². The Balaban J connectivity index is 2.19. The molecule has 3 N–H and O–H groups in total. The van der Waals surface area contributed by atoms with Crippen molar-refractivity contribution in [2.45, 2.75) is 25.0 Å². The van der Waals surface area contributed by atoms with E-state index >= 15 is 0 Å². The summed E-state index contributed by atoms with van der Waals surface area (Å²) in [7, 11) is 1.60. The molecule has 0 aliphatic carbocycles. The molecule has 1 rings (SSSR count). The molecule has 0 saturated carbocycles. The summed E-state index contributed by atoms with van der Waals surface area (Å²) >= 11 is 0. The van der Waals surface area contributed by atoms with Gasteiger partial charge in [0.2, 0.25) is 0 Å². The van der Waals surface area contributed by atoms with Crippen LogP contribution in [0.4, 0.5) is 0 Å². The molecule has 4 heteroatoms. The molecular formula is C9H20N2O2. The molecule has 0 radical (unpaired) electrons. The van der Waals surface area contributed by atoms with E-state index in [-0.39, 0.29) is 12.1 Å². The van der Waals surface area contributed by atoms with Crippen LogP contribution in [0.2, 0.25) is 0 Å². The Labute approximate surface area is 79.7 Å². The standard InChI is InChI=1S/C9H20N2O2/c1-13-7-9(12)6-11-4-2-3-8(10)5-11/h8-9,12H,2-7,10H2,1H3/t8-,9?/m1/s1. The number of hydrogen-bond donors (Lipinski definition) is 2. The average molecular weight is 188 g/mol. The van der Waals surface area contributed by atoms with Crippen LogP contribution in [0.1, 0.15) is 12.8 Å². The van der Waals surface area contributed by atoms with Crippen LogP contribution >= 0.6 is 0 Å². The number of ether oxygens (including phenoxy) is 1. The molecule has 1 aliphatic rings. The number of aliphatic hydroxyl groups is 1. The number of hydrogen-bond acceptors (Lipinski definition) is 4. The van der Waals surface area contributed by atoms with Crippen molar-refractivity contribution in [1.29, 1.82) is 0 Å². The number of likely N-dealkylation sites (tertiary alicyclic amines) is 1. The minimum atomic E-state index is -0.379. The fourth-order valence-electron chi connectivity index (χ4n) is 1.80. The van der Waals surface area contributed by atoms with Gasteiger partial charge in [0.15, 0.2) is 0 Å². The lowest BCUT2D eigenvalue weighted by molar-refractivity contribution is 0.0316. The first-order valence-corrected chi connectivity index (χ1v) is 4.87. The van der Waals surface area contributed by atoms with Crippen LogP contribution < -0.4 is 5.73 Å². The molecule has 1 aliphatic heterocycles. The van der Waals surface area contributed by atoms with Crippen molar-refractivity contribution in [2.24, 2.45) is 5.73 Å². The van der Waals surface area contributed by atoms with Crippen LogP contribution in [0.3, 0.4) is 0 Å². The van der Waals surface area contributed by atoms with Gasteiger partial charge in [0.05, 0.1) is 12.7 Å². The lowest BCUT2D eigenvalue weighted by Gasteiger charge is -2.31. The lowest BCUT2D eigenvalue weighted by Crippen LogP contribution is -2.46. The maximum Gasteiger partial charge on any atom is 0.0900 e. The van der Waals surface area contributed by atoms with Crippen molar-refractivity contribution in [2.75, 3.05) is 33.4 Å². The highest BCUT2D eigenvalue weighted by atomic mass is 16.5. The van der Waals surface area contributed by atoms with Gasteiger partial charge in [-0.3, -0.25) is 4.90 Å². The van der Waals surface area contributed by atoms with Crippen LogP contribution in [0.25, 0.3) is 0 Å². The summed E-state index contributed by atoms with van der Waals surface area (Å²) in [6.07, 6.45) is 1.87. The number of methoxy groups -OCH3 is 1. The lowest BCUT2D eigenvalue weighted by atomic mass is 10.1. The normalized spacial score (nSPS) is 27.5. The molecule has 0 amide bonds. The van der Waals surface area contributed by atoms with Crippen molar-refractivity contribution >= 4 is 0 Å². The van der Waals surface area contributed by atoms with Crippen molar-refractivity contribution in [3.05, 3.63) is 0 Å². The van der Waals surface area contributed by atoms with E-state index in [0.717, 1.165) is 25.9 Å². The predicted octanol–water partition coefficient (Wildman–Crippen LogP) is -0.583. The van der Waals surface area contributed by atoms with Gasteiger partial charge < -0.3 is 15.6 Å². The predicted molar refractivity (Wildman–Crippen MR) is 51.5 cm³/mol. The van der Waals surface area contributed by atoms with Gasteiger partial charge in [-0.2, -0.15) is 0 Å². The summed E-state index contributed by atoms with van der Waals surface area (Å²) in [5.74, 6) is 0. The highest BCUT2D eigenvalue weighted by Crippen LogP contribution is 2.08. The first-order chi connectivity index (χ1) is 6.22. The third-order valence-electron chi connectivity index (χ3n) is 2.37. The van der Waals surface area contributed by atoms with Crippen molar-refractivity contribution < 1.29 is 9.84 Å². The van der Waals surface area contributed by atoms with Crippen LogP contribution in [-0.2, 0) is 4.74 Å². The van der Waals surface area contributed by atoms with Gasteiger partial charge in [0.25, 0.3) is 0 Å². The Bertz CT molecular complexity index is 144. The largest absolute Gasteiger partial charge is 0.389 e. The highest BCUT2D eigenvalue weighted by molar-refractivity contribution is 4.76. The smallest absolute Gasteiger partial charge is 0.0900 e. The second kappa shape index (κ2) is 5.54. The Morgan fingerprint density at radius 1 is 1.69 bits per heavy atom. The molecule has 4 nitrogen and oxygen atoms in total. The van der Waals surface area contributed by atoms with Gasteiger partial charge >= 0.3 is 0 Å². The SMILES string of the molecule is COCC(O)CN1CCC[C@@H](N)C1. The molecule has 0 aromatic rings. The van der Waals surface area contributed by atoms with E-state index in [4.69, 9.17) is 10.5 Å². The van der Waals surface area contributed by atoms with Gasteiger partial charge in [-0.25, -0.2) is 0 Å². The molecule has 13 heavy (non-hydrogen) atoms. The molecule has 1 saturated heterocycles. The van der Waals surface area contributed by atoms with Gasteiger partial charge in [-0.05, 0) is 19.4 Å². The molecule has 2 atom stereocenters. The Morgan fingerprint density at radius 2 is 2.46 bits per heavy atom. The second-order valence-corrected chi connectivity index (χ2v) is 3.77. The topological polar surface area (TPSA) is 58.7 Å². The first-order valence-electron chi connectivity index (χ1n) is 4.87. The number of β-amino-alcohol motifs (C(OH)–C–C–N with tert-alkyl or cyclic N) is 1. The third-order valence-corrected chi connectivity index (χ3v) is 2.37.